The molecule has 1 unspecified atom stereocenters. The second-order valence-corrected chi connectivity index (χ2v) is 16.1. The van der Waals surface area contributed by atoms with E-state index in [1.165, 1.54) is 22.5 Å². The predicted molar refractivity (Wildman–Crippen MR) is 203 cm³/mol. The van der Waals surface area contributed by atoms with Crippen LogP contribution < -0.4 is 21.7 Å². The number of allylic oxidation sites excluding steroid dienone is 2. The summed E-state index contributed by atoms with van der Waals surface area (Å²) in [5.41, 5.74) is 18.7. The number of hydrogen-bond acceptors (Lipinski definition) is 11. The highest BCUT2D eigenvalue weighted by Gasteiger charge is 2.45. The molecule has 2 saturated heterocycles. The Bertz CT molecular complexity index is 2020. The van der Waals surface area contributed by atoms with Gasteiger partial charge in [0.15, 0.2) is 11.7 Å². The Hall–Kier alpha value is -4.91. The highest BCUT2D eigenvalue weighted by Crippen LogP contribution is 2.44. The van der Waals surface area contributed by atoms with Gasteiger partial charge in [0.25, 0.3) is 5.91 Å². The summed E-state index contributed by atoms with van der Waals surface area (Å²) >= 11 is 1.76. The van der Waals surface area contributed by atoms with Crippen molar-refractivity contribution in [1.82, 2.24) is 30.0 Å². The Kier molecular flexibility index (Phi) is 9.14. The Labute approximate surface area is 308 Å². The van der Waals surface area contributed by atoms with E-state index in [0.717, 1.165) is 98.2 Å². The summed E-state index contributed by atoms with van der Waals surface area (Å²) in [6, 6.07) is 8.81. The predicted octanol–water partition coefficient (Wildman–Crippen LogP) is 5.37. The van der Waals surface area contributed by atoms with Crippen LogP contribution in [0.15, 0.2) is 69.8 Å². The maximum atomic E-state index is 12.6. The lowest BCUT2D eigenvalue weighted by molar-refractivity contribution is -0.118. The van der Waals surface area contributed by atoms with Gasteiger partial charge in [-0.3, -0.25) is 14.4 Å². The Balaban J connectivity index is 0.930. The number of piperidine rings is 1. The number of amides is 1. The van der Waals surface area contributed by atoms with Crippen LogP contribution in [0, 0.1) is 26.2 Å². The molecule has 272 valence electrons. The molecule has 4 aliphatic rings. The molecule has 1 aliphatic carbocycles. The fourth-order valence-corrected chi connectivity index (χ4v) is 9.46. The fourth-order valence-electron chi connectivity index (χ4n) is 8.25. The summed E-state index contributed by atoms with van der Waals surface area (Å²) < 4.78 is 7.81. The zero-order valence-corrected chi connectivity index (χ0v) is 31.1. The lowest BCUT2D eigenvalue weighted by atomic mass is 9.71. The van der Waals surface area contributed by atoms with Crippen LogP contribution in [0.3, 0.4) is 0 Å². The van der Waals surface area contributed by atoms with Gasteiger partial charge >= 0.3 is 0 Å². The van der Waals surface area contributed by atoms with Crippen molar-refractivity contribution in [3.8, 4) is 5.00 Å². The average molecular weight is 721 g/mol. The van der Waals surface area contributed by atoms with Gasteiger partial charge in [0.2, 0.25) is 0 Å². The van der Waals surface area contributed by atoms with Crippen molar-refractivity contribution in [3.05, 3.63) is 99.5 Å². The van der Waals surface area contributed by atoms with Crippen LogP contribution in [0.2, 0.25) is 0 Å². The van der Waals surface area contributed by atoms with E-state index in [2.05, 4.69) is 73.0 Å². The lowest BCUT2D eigenvalue weighted by Crippen LogP contribution is -2.60. The zero-order valence-electron chi connectivity index (χ0n) is 30.3. The van der Waals surface area contributed by atoms with Crippen LogP contribution in [0.4, 0.5) is 5.69 Å². The molecule has 1 atom stereocenters. The molecule has 3 aromatic heterocycles. The fraction of sp³-hybridized carbons (Fsp3) is 0.462. The van der Waals surface area contributed by atoms with E-state index in [9.17, 15) is 4.79 Å². The van der Waals surface area contributed by atoms with Gasteiger partial charge < -0.3 is 31.0 Å². The standard InChI is InChI=1S/C39H48N10O2S/c1-24-25(2)52-38-34(24)35(44-31(21-33-42-17-20-51-33)36-46-45-26(3)49(36)38)27-9-11-29(12-10-27)48-22-39(23-48)15-18-47(19-16-39)32(41)14-13-30(40)37(50)43-28-7-5-4-6-8-28/h9-14,17,20,28,31H,4-8,15-16,18-19,21-23,40-41H2,1-3H3,(H,43,50)/b30-13-,32-14+. The van der Waals surface area contributed by atoms with Gasteiger partial charge in [0.05, 0.1) is 29.8 Å². The van der Waals surface area contributed by atoms with Crippen molar-refractivity contribution < 1.29 is 9.21 Å². The number of nitrogens with two attached hydrogens (primary N) is 2. The number of carbonyl (C=O) groups is 1. The SMILES string of the molecule is Cc1sc2c(c1C)C(c1ccc(N3CC4(CCN(/C(N)=C/C=C(\N)C(=O)NC5CCCCC5)CC4)C3)cc1)=NC(Cc1ncco1)c1nnc(C)n1-2. The number of oxazole rings is 1. The van der Waals surface area contributed by atoms with Crippen LogP contribution in [0.25, 0.3) is 5.00 Å². The molecule has 13 heteroatoms. The zero-order chi connectivity index (χ0) is 36.0. The summed E-state index contributed by atoms with van der Waals surface area (Å²) in [7, 11) is 0. The molecule has 8 rings (SSSR count). The van der Waals surface area contributed by atoms with E-state index in [-0.39, 0.29) is 29.1 Å². The number of thiophene rings is 1. The molecule has 0 bridgehead atoms. The number of nitrogens with one attached hydrogen (secondary N) is 1. The first kappa shape index (κ1) is 34.2. The quantitative estimate of drug-likeness (QED) is 0.161. The van der Waals surface area contributed by atoms with Gasteiger partial charge in [-0.2, -0.15) is 0 Å². The van der Waals surface area contributed by atoms with Gasteiger partial charge in [0.1, 0.15) is 23.1 Å². The monoisotopic (exact) mass is 720 g/mol. The number of aromatic nitrogens is 4. The van der Waals surface area contributed by atoms with Crippen molar-refractivity contribution in [2.24, 2.45) is 21.9 Å². The van der Waals surface area contributed by atoms with E-state index < -0.39 is 0 Å². The van der Waals surface area contributed by atoms with E-state index >= 15 is 0 Å². The molecule has 1 amide bonds. The van der Waals surface area contributed by atoms with E-state index in [1.54, 1.807) is 35.9 Å². The molecule has 0 radical (unpaired) electrons. The minimum absolute atomic E-state index is 0.202. The number of nitrogens with zero attached hydrogens (tertiary/aromatic N) is 7. The number of aliphatic imine (C=N–C) groups is 1. The van der Waals surface area contributed by atoms with Gasteiger partial charge in [0, 0.05) is 59.3 Å². The molecule has 12 nitrogen and oxygen atoms in total. The Morgan fingerprint density at radius 2 is 1.79 bits per heavy atom. The summed E-state index contributed by atoms with van der Waals surface area (Å²) in [6.45, 7) is 10.2. The molecule has 52 heavy (non-hydrogen) atoms. The molecular weight excluding hydrogens is 673 g/mol. The van der Waals surface area contributed by atoms with E-state index in [4.69, 9.17) is 20.9 Å². The molecule has 6 heterocycles. The number of rotatable bonds is 8. The molecule has 3 aliphatic heterocycles. The summed E-state index contributed by atoms with van der Waals surface area (Å²) in [5, 5.41) is 13.2. The van der Waals surface area contributed by atoms with Crippen LogP contribution in [0.5, 0.6) is 0 Å². The Morgan fingerprint density at radius 1 is 1.04 bits per heavy atom. The van der Waals surface area contributed by atoms with Gasteiger partial charge in [-0.1, -0.05) is 31.4 Å². The van der Waals surface area contributed by atoms with Gasteiger partial charge in [-0.25, -0.2) is 4.98 Å². The lowest BCUT2D eigenvalue weighted by Gasteiger charge is -2.55. The molecule has 1 aromatic carbocycles. The van der Waals surface area contributed by atoms with Crippen LogP contribution in [0.1, 0.15) is 90.1 Å². The normalized spacial score (nSPS) is 20.6. The summed E-state index contributed by atoms with van der Waals surface area (Å²) in [4.78, 5) is 28.3. The maximum absolute atomic E-state index is 12.6. The first-order valence-electron chi connectivity index (χ1n) is 18.5. The topological polar surface area (TPSA) is 157 Å². The van der Waals surface area contributed by atoms with Gasteiger partial charge in [-0.05, 0) is 76.3 Å². The number of fused-ring (bicyclic) bond motifs is 3. The third-order valence-electron chi connectivity index (χ3n) is 11.5. The molecule has 1 spiro atoms. The highest BCUT2D eigenvalue weighted by molar-refractivity contribution is 7.15. The van der Waals surface area contributed by atoms with Crippen LogP contribution >= 0.6 is 11.3 Å². The van der Waals surface area contributed by atoms with Crippen molar-refractivity contribution in [2.75, 3.05) is 31.1 Å². The number of benzene rings is 1. The van der Waals surface area contributed by atoms with E-state index in [0.29, 0.717) is 18.1 Å². The van der Waals surface area contributed by atoms with Crippen molar-refractivity contribution >= 4 is 28.6 Å². The number of hydrogen-bond donors (Lipinski definition) is 3. The largest absolute Gasteiger partial charge is 0.449 e. The second kappa shape index (κ2) is 13.9. The van der Waals surface area contributed by atoms with Crippen molar-refractivity contribution in [1.29, 1.82) is 0 Å². The van der Waals surface area contributed by atoms with Gasteiger partial charge in [-0.15, -0.1) is 21.5 Å². The summed E-state index contributed by atoms with van der Waals surface area (Å²) in [6.07, 6.45) is 15.0. The number of likely N-dealkylation sites (tertiary alicyclic amines) is 1. The van der Waals surface area contributed by atoms with Crippen LogP contribution in [-0.4, -0.2) is 68.5 Å². The molecule has 3 fully saturated rings. The third kappa shape index (κ3) is 6.50. The molecular formula is C39H48N10O2S. The number of aryl methyl sites for hydroxylation is 2. The minimum atomic E-state index is -0.294. The second-order valence-electron chi connectivity index (χ2n) is 14.9. The number of carbonyl (C=O) groups excluding carboxylic acids is 1. The Morgan fingerprint density at radius 3 is 2.50 bits per heavy atom. The van der Waals surface area contributed by atoms with E-state index in [1.807, 2.05) is 6.92 Å². The molecule has 4 aromatic rings. The highest BCUT2D eigenvalue weighted by atomic mass is 32.1. The summed E-state index contributed by atoms with van der Waals surface area (Å²) in [5.74, 6) is 2.73. The maximum Gasteiger partial charge on any atom is 0.267 e. The third-order valence-corrected chi connectivity index (χ3v) is 12.7. The average Bonchev–Trinajstić information content (AvgIpc) is 3.85. The first-order chi connectivity index (χ1) is 25.2. The smallest absolute Gasteiger partial charge is 0.267 e. The van der Waals surface area contributed by atoms with Crippen molar-refractivity contribution in [2.45, 2.75) is 84.2 Å². The minimum Gasteiger partial charge on any atom is -0.449 e. The van der Waals surface area contributed by atoms with Crippen LogP contribution in [-0.2, 0) is 11.2 Å². The number of anilines is 1. The van der Waals surface area contributed by atoms with Crippen molar-refractivity contribution in [3.63, 3.8) is 0 Å². The first-order valence-corrected chi connectivity index (χ1v) is 19.3. The molecule has 1 saturated carbocycles. The molecule has 5 N–H and O–H groups in total.